The molecule has 0 nitrogen and oxygen atoms in total. The maximum atomic E-state index is 2.46. The zero-order chi connectivity index (χ0) is 8.98. The summed E-state index contributed by atoms with van der Waals surface area (Å²) in [5.74, 6) is 2.14. The van der Waals surface area contributed by atoms with Crippen molar-refractivity contribution in [3.8, 4) is 0 Å². The fraction of sp³-hybridized carbons (Fsp3) is 1.00. The molecule has 2 saturated carbocycles. The highest BCUT2D eigenvalue weighted by molar-refractivity contribution is 5.06. The fourth-order valence-electron chi connectivity index (χ4n) is 3.22. The van der Waals surface area contributed by atoms with E-state index in [2.05, 4.69) is 27.7 Å². The van der Waals surface area contributed by atoms with E-state index in [1.165, 1.54) is 25.7 Å². The molecule has 2 fully saturated rings. The molecule has 2 aliphatic rings. The highest BCUT2D eigenvalue weighted by Gasteiger charge is 2.57. The first kappa shape index (κ1) is 8.59. The molecule has 0 aromatic heterocycles. The Balaban J connectivity index is 2.01. The smallest absolute Gasteiger partial charge is 0.0292 e. The van der Waals surface area contributed by atoms with Gasteiger partial charge in [-0.2, -0.15) is 0 Å². The van der Waals surface area contributed by atoms with E-state index in [4.69, 9.17) is 0 Å². The molecular weight excluding hydrogens is 144 g/mol. The fourth-order valence-corrected chi connectivity index (χ4v) is 3.22. The predicted octanol–water partition coefficient (Wildman–Crippen LogP) is 3.86. The second-order valence-corrected chi connectivity index (χ2v) is 6.28. The summed E-state index contributed by atoms with van der Waals surface area (Å²) in [6.45, 7) is 9.79. The molecule has 0 bridgehead atoms. The number of rotatable bonds is 0. The molecular formula is C12H22. The van der Waals surface area contributed by atoms with Crippen molar-refractivity contribution in [2.24, 2.45) is 22.7 Å². The van der Waals surface area contributed by atoms with Gasteiger partial charge < -0.3 is 0 Å². The second kappa shape index (κ2) is 2.27. The molecule has 0 aromatic carbocycles. The summed E-state index contributed by atoms with van der Waals surface area (Å²) in [5, 5.41) is 0. The van der Waals surface area contributed by atoms with Crippen molar-refractivity contribution in [3.63, 3.8) is 0 Å². The second-order valence-electron chi connectivity index (χ2n) is 6.28. The van der Waals surface area contributed by atoms with Crippen molar-refractivity contribution in [2.75, 3.05) is 0 Å². The lowest BCUT2D eigenvalue weighted by Crippen LogP contribution is -2.11. The molecule has 0 heteroatoms. The first-order chi connectivity index (χ1) is 5.43. The van der Waals surface area contributed by atoms with Crippen LogP contribution in [0.3, 0.4) is 0 Å². The Morgan fingerprint density at radius 3 is 1.67 bits per heavy atom. The third-order valence-electron chi connectivity index (χ3n) is 4.55. The summed E-state index contributed by atoms with van der Waals surface area (Å²) in [6, 6.07) is 0. The van der Waals surface area contributed by atoms with Crippen LogP contribution in [-0.4, -0.2) is 0 Å². The van der Waals surface area contributed by atoms with Crippen LogP contribution < -0.4 is 0 Å². The molecule has 0 amide bonds. The monoisotopic (exact) mass is 166 g/mol. The van der Waals surface area contributed by atoms with Gasteiger partial charge in [0.25, 0.3) is 0 Å². The van der Waals surface area contributed by atoms with Crippen LogP contribution in [0.15, 0.2) is 0 Å². The predicted molar refractivity (Wildman–Crippen MR) is 53.0 cm³/mol. The van der Waals surface area contributed by atoms with Gasteiger partial charge in [-0.05, 0) is 48.3 Å². The first-order valence-corrected chi connectivity index (χ1v) is 5.43. The van der Waals surface area contributed by atoms with Crippen LogP contribution in [0.5, 0.6) is 0 Å². The molecule has 2 atom stereocenters. The zero-order valence-electron chi connectivity index (χ0n) is 8.98. The van der Waals surface area contributed by atoms with Gasteiger partial charge in [0.1, 0.15) is 0 Å². The molecule has 70 valence electrons. The lowest BCUT2D eigenvalue weighted by molar-refractivity contribution is 0.280. The Bertz CT molecular complexity index is 168. The van der Waals surface area contributed by atoms with Gasteiger partial charge in [-0.15, -0.1) is 0 Å². The molecule has 0 spiro atoms. The Morgan fingerprint density at radius 1 is 0.833 bits per heavy atom. The highest BCUT2D eigenvalue weighted by Crippen LogP contribution is 2.65. The molecule has 0 radical (unpaired) electrons. The van der Waals surface area contributed by atoms with E-state index in [-0.39, 0.29) is 0 Å². The maximum Gasteiger partial charge on any atom is -0.0292 e. The molecule has 0 N–H and O–H groups in total. The lowest BCUT2D eigenvalue weighted by Gasteiger charge is -2.24. The van der Waals surface area contributed by atoms with Gasteiger partial charge >= 0.3 is 0 Å². The number of fused-ring (bicyclic) bond motifs is 1. The largest absolute Gasteiger partial charge is 0.0599 e. The standard InChI is InChI=1S/C12H22/c1-11(2)7-5-9-10(6-8-11)12(9,3)4/h9-10H,5-8H2,1-4H3. The van der Waals surface area contributed by atoms with Crippen LogP contribution in [0.1, 0.15) is 53.4 Å². The van der Waals surface area contributed by atoms with Crippen LogP contribution in [0.25, 0.3) is 0 Å². The van der Waals surface area contributed by atoms with E-state index in [9.17, 15) is 0 Å². The summed E-state index contributed by atoms with van der Waals surface area (Å²) in [5.41, 5.74) is 1.35. The third-order valence-corrected chi connectivity index (χ3v) is 4.55. The minimum atomic E-state index is 0.642. The number of hydrogen-bond donors (Lipinski definition) is 0. The van der Waals surface area contributed by atoms with Crippen LogP contribution in [0, 0.1) is 22.7 Å². The van der Waals surface area contributed by atoms with Gasteiger partial charge in [0.2, 0.25) is 0 Å². The van der Waals surface area contributed by atoms with E-state index in [0.29, 0.717) is 10.8 Å². The van der Waals surface area contributed by atoms with Crippen LogP contribution in [0.2, 0.25) is 0 Å². The van der Waals surface area contributed by atoms with Gasteiger partial charge in [-0.25, -0.2) is 0 Å². The molecule has 0 aromatic rings. The normalized spacial score (nSPS) is 43.0. The van der Waals surface area contributed by atoms with Gasteiger partial charge in [-0.3, -0.25) is 0 Å². The summed E-state index contributed by atoms with van der Waals surface area (Å²) in [4.78, 5) is 0. The van der Waals surface area contributed by atoms with Crippen molar-refractivity contribution >= 4 is 0 Å². The molecule has 0 saturated heterocycles. The van der Waals surface area contributed by atoms with Crippen molar-refractivity contribution in [2.45, 2.75) is 53.4 Å². The molecule has 2 aliphatic carbocycles. The van der Waals surface area contributed by atoms with Gasteiger partial charge in [0, 0.05) is 0 Å². The van der Waals surface area contributed by atoms with Gasteiger partial charge in [0.15, 0.2) is 0 Å². The summed E-state index contributed by atoms with van der Waals surface area (Å²) in [6.07, 6.45) is 5.89. The van der Waals surface area contributed by atoms with E-state index in [0.717, 1.165) is 11.8 Å². The highest BCUT2D eigenvalue weighted by atomic mass is 14.6. The third kappa shape index (κ3) is 1.20. The quantitative estimate of drug-likeness (QED) is 0.512. The van der Waals surface area contributed by atoms with Crippen LogP contribution in [0.4, 0.5) is 0 Å². The Hall–Kier alpha value is 0. The molecule has 0 heterocycles. The average Bonchev–Trinajstić information content (AvgIpc) is 2.49. The van der Waals surface area contributed by atoms with E-state index in [1.54, 1.807) is 0 Å². The Morgan fingerprint density at radius 2 is 1.25 bits per heavy atom. The van der Waals surface area contributed by atoms with E-state index >= 15 is 0 Å². The zero-order valence-corrected chi connectivity index (χ0v) is 8.98. The Kier molecular flexibility index (Phi) is 1.63. The molecule has 0 aliphatic heterocycles. The SMILES string of the molecule is CC1(C)CCC2C(CC1)C2(C)C. The average molecular weight is 166 g/mol. The van der Waals surface area contributed by atoms with Crippen molar-refractivity contribution < 1.29 is 0 Å². The molecule has 12 heavy (non-hydrogen) atoms. The van der Waals surface area contributed by atoms with Gasteiger partial charge in [0.05, 0.1) is 0 Å². The van der Waals surface area contributed by atoms with Crippen molar-refractivity contribution in [1.29, 1.82) is 0 Å². The van der Waals surface area contributed by atoms with Gasteiger partial charge in [-0.1, -0.05) is 27.7 Å². The van der Waals surface area contributed by atoms with E-state index in [1.807, 2.05) is 0 Å². The van der Waals surface area contributed by atoms with Crippen LogP contribution in [-0.2, 0) is 0 Å². The maximum absolute atomic E-state index is 2.46. The van der Waals surface area contributed by atoms with Crippen molar-refractivity contribution in [3.05, 3.63) is 0 Å². The minimum absolute atomic E-state index is 0.642. The summed E-state index contributed by atoms with van der Waals surface area (Å²) in [7, 11) is 0. The van der Waals surface area contributed by atoms with E-state index < -0.39 is 0 Å². The summed E-state index contributed by atoms with van der Waals surface area (Å²) < 4.78 is 0. The number of hydrogen-bond acceptors (Lipinski definition) is 0. The first-order valence-electron chi connectivity index (χ1n) is 5.43. The summed E-state index contributed by atoms with van der Waals surface area (Å²) >= 11 is 0. The Labute approximate surface area is 76.7 Å². The topological polar surface area (TPSA) is 0 Å². The molecule has 2 rings (SSSR count). The van der Waals surface area contributed by atoms with Crippen molar-refractivity contribution in [1.82, 2.24) is 0 Å². The minimum Gasteiger partial charge on any atom is -0.0599 e. The molecule has 2 unspecified atom stereocenters. The lowest BCUT2D eigenvalue weighted by atomic mass is 9.82. The van der Waals surface area contributed by atoms with Crippen LogP contribution >= 0.6 is 0 Å².